The zero-order chi connectivity index (χ0) is 13.0. The van der Waals surface area contributed by atoms with Gasteiger partial charge in [0.2, 0.25) is 0 Å². The molecule has 0 spiro atoms. The highest BCUT2D eigenvalue weighted by atomic mass is 16.5. The molecule has 1 saturated carbocycles. The Kier molecular flexibility index (Phi) is 5.05. The summed E-state index contributed by atoms with van der Waals surface area (Å²) >= 11 is 0. The number of hydrogen-bond donors (Lipinski definition) is 1. The van der Waals surface area contributed by atoms with E-state index in [4.69, 9.17) is 10.5 Å². The molecule has 3 unspecified atom stereocenters. The van der Waals surface area contributed by atoms with Crippen LogP contribution in [0.15, 0.2) is 0 Å². The Morgan fingerprint density at radius 2 is 2.00 bits per heavy atom. The van der Waals surface area contributed by atoms with Crippen molar-refractivity contribution >= 4 is 0 Å². The number of nitrogens with zero attached hydrogens (tertiary/aromatic N) is 1. The molecule has 1 heterocycles. The van der Waals surface area contributed by atoms with Crippen LogP contribution in [0, 0.1) is 5.92 Å². The predicted molar refractivity (Wildman–Crippen MR) is 75.6 cm³/mol. The summed E-state index contributed by atoms with van der Waals surface area (Å²) < 4.78 is 5.88. The first kappa shape index (κ1) is 14.3. The Morgan fingerprint density at radius 3 is 2.61 bits per heavy atom. The number of nitrogens with two attached hydrogens (primary N) is 1. The third kappa shape index (κ3) is 2.89. The minimum absolute atomic E-state index is 0.221. The fourth-order valence-electron chi connectivity index (χ4n) is 3.86. The van der Waals surface area contributed by atoms with Crippen molar-refractivity contribution in [2.75, 3.05) is 26.7 Å². The molecule has 0 radical (unpaired) electrons. The van der Waals surface area contributed by atoms with Gasteiger partial charge in [-0.3, -0.25) is 4.90 Å². The standard InChI is InChI=1S/C15H30N2O/c1-13-7-3-5-9-15(13,12-16)17(2)11-14-8-4-6-10-18-14/h13-14H,3-12,16H2,1-2H3. The second-order valence-electron chi connectivity index (χ2n) is 6.32. The molecule has 1 aliphatic carbocycles. The first-order valence-electron chi connectivity index (χ1n) is 7.72. The monoisotopic (exact) mass is 254 g/mol. The average Bonchev–Trinajstić information content (AvgIpc) is 2.40. The van der Waals surface area contributed by atoms with Crippen LogP contribution in [0.1, 0.15) is 51.9 Å². The van der Waals surface area contributed by atoms with E-state index in [-0.39, 0.29) is 5.54 Å². The summed E-state index contributed by atoms with van der Waals surface area (Å²) in [6.45, 7) is 5.17. The molecule has 0 amide bonds. The molecule has 3 heteroatoms. The van der Waals surface area contributed by atoms with Crippen LogP contribution in [-0.2, 0) is 4.74 Å². The van der Waals surface area contributed by atoms with Crippen molar-refractivity contribution in [2.45, 2.75) is 63.5 Å². The Hall–Kier alpha value is -0.120. The summed E-state index contributed by atoms with van der Waals surface area (Å²) in [4.78, 5) is 2.52. The van der Waals surface area contributed by atoms with Crippen molar-refractivity contribution in [3.05, 3.63) is 0 Å². The summed E-state index contributed by atoms with van der Waals surface area (Å²) in [6, 6.07) is 0. The number of ether oxygens (including phenoxy) is 1. The maximum Gasteiger partial charge on any atom is 0.0702 e. The smallest absolute Gasteiger partial charge is 0.0702 e. The molecule has 0 aromatic carbocycles. The van der Waals surface area contributed by atoms with Gasteiger partial charge in [-0.1, -0.05) is 19.8 Å². The van der Waals surface area contributed by atoms with Crippen LogP contribution < -0.4 is 5.73 Å². The van der Waals surface area contributed by atoms with Gasteiger partial charge < -0.3 is 10.5 Å². The number of likely N-dealkylation sites (N-methyl/N-ethyl adjacent to an activating group) is 1. The fraction of sp³-hybridized carbons (Fsp3) is 1.00. The molecule has 2 N–H and O–H groups in total. The Balaban J connectivity index is 1.97. The molecular weight excluding hydrogens is 224 g/mol. The highest BCUT2D eigenvalue weighted by Crippen LogP contribution is 2.37. The van der Waals surface area contributed by atoms with E-state index in [1.165, 1.54) is 44.9 Å². The summed E-state index contributed by atoms with van der Waals surface area (Å²) in [7, 11) is 2.26. The highest BCUT2D eigenvalue weighted by molar-refractivity contribution is 4.97. The zero-order valence-corrected chi connectivity index (χ0v) is 12.2. The van der Waals surface area contributed by atoms with Gasteiger partial charge in [0, 0.05) is 25.2 Å². The topological polar surface area (TPSA) is 38.5 Å². The van der Waals surface area contributed by atoms with Crippen LogP contribution >= 0.6 is 0 Å². The molecule has 0 bridgehead atoms. The van der Waals surface area contributed by atoms with Crippen LogP contribution in [0.3, 0.4) is 0 Å². The maximum absolute atomic E-state index is 6.15. The van der Waals surface area contributed by atoms with Gasteiger partial charge in [-0.15, -0.1) is 0 Å². The molecule has 3 atom stereocenters. The molecular formula is C15H30N2O. The lowest BCUT2D eigenvalue weighted by atomic mass is 9.72. The second-order valence-corrected chi connectivity index (χ2v) is 6.32. The summed E-state index contributed by atoms with van der Waals surface area (Å²) in [5, 5.41) is 0. The largest absolute Gasteiger partial charge is 0.377 e. The lowest BCUT2D eigenvalue weighted by Crippen LogP contribution is -2.59. The molecule has 2 rings (SSSR count). The summed E-state index contributed by atoms with van der Waals surface area (Å²) in [5.41, 5.74) is 6.37. The molecule has 2 aliphatic rings. The Labute approximate surface area is 112 Å². The van der Waals surface area contributed by atoms with Crippen molar-refractivity contribution in [2.24, 2.45) is 11.7 Å². The van der Waals surface area contributed by atoms with Crippen LogP contribution in [0.4, 0.5) is 0 Å². The quantitative estimate of drug-likeness (QED) is 0.837. The second kappa shape index (κ2) is 6.36. The minimum atomic E-state index is 0.221. The molecule has 18 heavy (non-hydrogen) atoms. The first-order chi connectivity index (χ1) is 8.69. The van der Waals surface area contributed by atoms with E-state index in [9.17, 15) is 0 Å². The van der Waals surface area contributed by atoms with Crippen LogP contribution in [-0.4, -0.2) is 43.3 Å². The van der Waals surface area contributed by atoms with E-state index in [2.05, 4.69) is 18.9 Å². The van der Waals surface area contributed by atoms with Gasteiger partial charge in [0.25, 0.3) is 0 Å². The van der Waals surface area contributed by atoms with Gasteiger partial charge in [-0.25, -0.2) is 0 Å². The molecule has 1 aliphatic heterocycles. The van der Waals surface area contributed by atoms with Gasteiger partial charge in [-0.05, 0) is 45.1 Å². The fourth-order valence-corrected chi connectivity index (χ4v) is 3.86. The Morgan fingerprint density at radius 1 is 1.22 bits per heavy atom. The molecule has 2 fully saturated rings. The molecule has 1 saturated heterocycles. The van der Waals surface area contributed by atoms with Gasteiger partial charge >= 0.3 is 0 Å². The molecule has 106 valence electrons. The lowest BCUT2D eigenvalue weighted by molar-refractivity contribution is -0.0429. The van der Waals surface area contributed by atoms with Crippen LogP contribution in [0.2, 0.25) is 0 Å². The maximum atomic E-state index is 6.15. The van der Waals surface area contributed by atoms with Crippen molar-refractivity contribution in [3.63, 3.8) is 0 Å². The third-order valence-electron chi connectivity index (χ3n) is 5.28. The van der Waals surface area contributed by atoms with E-state index in [0.717, 1.165) is 19.7 Å². The van der Waals surface area contributed by atoms with E-state index < -0.39 is 0 Å². The normalized spacial score (nSPS) is 38.0. The van der Waals surface area contributed by atoms with E-state index in [1.54, 1.807) is 0 Å². The van der Waals surface area contributed by atoms with Crippen molar-refractivity contribution in [1.29, 1.82) is 0 Å². The summed E-state index contributed by atoms with van der Waals surface area (Å²) in [6.07, 6.45) is 9.50. The average molecular weight is 254 g/mol. The van der Waals surface area contributed by atoms with Crippen molar-refractivity contribution in [1.82, 2.24) is 4.90 Å². The SMILES string of the molecule is CC1CCCCC1(CN)N(C)CC1CCCCO1. The minimum Gasteiger partial charge on any atom is -0.377 e. The number of rotatable bonds is 4. The predicted octanol–water partition coefficient (Wildman–Crippen LogP) is 2.39. The first-order valence-corrected chi connectivity index (χ1v) is 7.72. The molecule has 3 nitrogen and oxygen atoms in total. The molecule has 0 aromatic rings. The van der Waals surface area contributed by atoms with Crippen LogP contribution in [0.5, 0.6) is 0 Å². The number of hydrogen-bond acceptors (Lipinski definition) is 3. The van der Waals surface area contributed by atoms with Gasteiger partial charge in [0.15, 0.2) is 0 Å². The van der Waals surface area contributed by atoms with Crippen molar-refractivity contribution in [3.8, 4) is 0 Å². The van der Waals surface area contributed by atoms with Crippen LogP contribution in [0.25, 0.3) is 0 Å². The summed E-state index contributed by atoms with van der Waals surface area (Å²) in [5.74, 6) is 0.713. The van der Waals surface area contributed by atoms with Gasteiger partial charge in [-0.2, -0.15) is 0 Å². The van der Waals surface area contributed by atoms with Gasteiger partial charge in [0.1, 0.15) is 0 Å². The highest BCUT2D eigenvalue weighted by Gasteiger charge is 2.41. The van der Waals surface area contributed by atoms with E-state index in [0.29, 0.717) is 12.0 Å². The van der Waals surface area contributed by atoms with E-state index in [1.807, 2.05) is 0 Å². The molecule has 0 aromatic heterocycles. The third-order valence-corrected chi connectivity index (χ3v) is 5.28. The zero-order valence-electron chi connectivity index (χ0n) is 12.2. The van der Waals surface area contributed by atoms with Crippen molar-refractivity contribution < 1.29 is 4.74 Å². The lowest BCUT2D eigenvalue weighted by Gasteiger charge is -2.49. The Bertz CT molecular complexity index is 253. The van der Waals surface area contributed by atoms with Gasteiger partial charge in [0.05, 0.1) is 6.10 Å². The van der Waals surface area contributed by atoms with E-state index >= 15 is 0 Å².